The molecule has 1 unspecified atom stereocenters. The van der Waals surface area contributed by atoms with Crippen LogP contribution in [0.5, 0.6) is 0 Å². The molecule has 0 saturated heterocycles. The summed E-state index contributed by atoms with van der Waals surface area (Å²) >= 11 is 0. The van der Waals surface area contributed by atoms with Crippen molar-refractivity contribution in [3.8, 4) is 11.8 Å². The fourth-order valence-electron chi connectivity index (χ4n) is 2.10. The number of carbonyl (C=O) groups excluding carboxylic acids is 1. The highest BCUT2D eigenvalue weighted by atomic mass is 16.5. The minimum absolute atomic E-state index is 0.163. The van der Waals surface area contributed by atoms with Crippen molar-refractivity contribution in [2.24, 2.45) is 4.99 Å². The van der Waals surface area contributed by atoms with Crippen molar-refractivity contribution in [3.05, 3.63) is 29.1 Å². The smallest absolute Gasteiger partial charge is 0.180 e. The number of carbonyl (C=O) groups is 1. The van der Waals surface area contributed by atoms with Crippen LogP contribution in [-0.4, -0.2) is 29.8 Å². The van der Waals surface area contributed by atoms with Crippen LogP contribution in [0.25, 0.3) is 0 Å². The summed E-state index contributed by atoms with van der Waals surface area (Å²) in [5, 5.41) is 0. The van der Waals surface area contributed by atoms with Crippen molar-refractivity contribution in [1.82, 2.24) is 4.98 Å². The molecule has 0 amide bonds. The lowest BCUT2D eigenvalue weighted by Gasteiger charge is -2.13. The average molecular weight is 240 g/mol. The van der Waals surface area contributed by atoms with Crippen LogP contribution in [0.1, 0.15) is 34.6 Å². The molecular formula is C14H12N2O2. The second-order valence-electron chi connectivity index (χ2n) is 4.33. The highest BCUT2D eigenvalue weighted by Crippen LogP contribution is 2.19. The molecule has 0 radical (unpaired) electrons. The van der Waals surface area contributed by atoms with Crippen molar-refractivity contribution < 1.29 is 9.53 Å². The maximum Gasteiger partial charge on any atom is 0.180 e. The molecule has 0 spiro atoms. The van der Waals surface area contributed by atoms with Crippen molar-refractivity contribution in [2.45, 2.75) is 25.4 Å². The lowest BCUT2D eigenvalue weighted by atomic mass is 9.94. The molecule has 4 nitrogen and oxygen atoms in total. The van der Waals surface area contributed by atoms with Crippen molar-refractivity contribution in [1.29, 1.82) is 0 Å². The second kappa shape index (κ2) is 4.61. The van der Waals surface area contributed by atoms with E-state index in [0.29, 0.717) is 18.7 Å². The van der Waals surface area contributed by atoms with E-state index in [1.807, 2.05) is 6.07 Å². The molecule has 1 aliphatic carbocycles. The molecule has 0 bridgehead atoms. The number of hydrogen-bond donors (Lipinski definition) is 0. The van der Waals surface area contributed by atoms with Crippen molar-refractivity contribution in [2.75, 3.05) is 6.54 Å². The number of ether oxygens (including phenoxy) is 1. The number of aryl methyl sites for hydroxylation is 1. The zero-order valence-electron chi connectivity index (χ0n) is 9.85. The fourth-order valence-corrected chi connectivity index (χ4v) is 2.10. The normalized spacial score (nSPS) is 20.9. The highest BCUT2D eigenvalue weighted by Gasteiger charge is 2.18. The van der Waals surface area contributed by atoms with Gasteiger partial charge in [0.25, 0.3) is 0 Å². The first kappa shape index (κ1) is 11.0. The fraction of sp³-hybridized carbons (Fsp3) is 0.357. The number of hydrogen-bond acceptors (Lipinski definition) is 4. The Kier molecular flexibility index (Phi) is 2.81. The maximum atomic E-state index is 11.7. The van der Waals surface area contributed by atoms with Gasteiger partial charge >= 0.3 is 0 Å². The van der Waals surface area contributed by atoms with Gasteiger partial charge in [0.2, 0.25) is 0 Å². The predicted octanol–water partition coefficient (Wildman–Crippen LogP) is 1.38. The summed E-state index contributed by atoms with van der Waals surface area (Å²) in [4.78, 5) is 20.0. The maximum absolute atomic E-state index is 11.7. The van der Waals surface area contributed by atoms with E-state index >= 15 is 0 Å². The van der Waals surface area contributed by atoms with E-state index in [1.54, 1.807) is 6.07 Å². The molecule has 0 aromatic carbocycles. The second-order valence-corrected chi connectivity index (χ2v) is 4.33. The van der Waals surface area contributed by atoms with E-state index in [1.165, 1.54) is 6.40 Å². The molecule has 2 aliphatic rings. The van der Waals surface area contributed by atoms with Crippen LogP contribution >= 0.6 is 0 Å². The van der Waals surface area contributed by atoms with Gasteiger partial charge in [-0.15, -0.1) is 0 Å². The summed E-state index contributed by atoms with van der Waals surface area (Å²) in [6, 6.07) is 3.63. The van der Waals surface area contributed by atoms with Crippen molar-refractivity contribution in [3.63, 3.8) is 0 Å². The van der Waals surface area contributed by atoms with Crippen LogP contribution in [0.15, 0.2) is 17.1 Å². The molecule has 0 fully saturated rings. The molecular weight excluding hydrogens is 228 g/mol. The largest absolute Gasteiger partial charge is 0.466 e. The van der Waals surface area contributed by atoms with Gasteiger partial charge in [-0.3, -0.25) is 9.79 Å². The first-order chi connectivity index (χ1) is 8.83. The average Bonchev–Trinajstić information content (AvgIpc) is 2.90. The monoisotopic (exact) mass is 240 g/mol. The topological polar surface area (TPSA) is 51.5 Å². The van der Waals surface area contributed by atoms with Gasteiger partial charge in [-0.05, 0) is 36.8 Å². The Morgan fingerprint density at radius 1 is 1.33 bits per heavy atom. The van der Waals surface area contributed by atoms with E-state index in [0.717, 1.165) is 24.1 Å². The number of Topliss-reactive ketones (excluding diaryl/α,β-unsaturated/α-hetero) is 1. The van der Waals surface area contributed by atoms with Crippen molar-refractivity contribution >= 4 is 12.2 Å². The summed E-state index contributed by atoms with van der Waals surface area (Å²) < 4.78 is 5.16. The minimum Gasteiger partial charge on any atom is -0.466 e. The third kappa shape index (κ3) is 2.12. The van der Waals surface area contributed by atoms with E-state index < -0.39 is 0 Å². The number of pyridine rings is 1. The Balaban J connectivity index is 1.83. The number of nitrogens with zero attached hydrogens (tertiary/aromatic N) is 2. The molecule has 90 valence electrons. The Labute approximate surface area is 105 Å². The molecule has 18 heavy (non-hydrogen) atoms. The first-order valence-corrected chi connectivity index (χ1v) is 6.01. The minimum atomic E-state index is -0.163. The summed E-state index contributed by atoms with van der Waals surface area (Å²) in [5.41, 5.74) is 2.33. The number of fused-ring (bicyclic) bond motifs is 1. The van der Waals surface area contributed by atoms with Gasteiger partial charge in [0.1, 0.15) is 5.69 Å². The molecule has 4 heteroatoms. The molecule has 1 aliphatic heterocycles. The van der Waals surface area contributed by atoms with E-state index in [2.05, 4.69) is 21.8 Å². The molecule has 3 rings (SSSR count). The summed E-state index contributed by atoms with van der Waals surface area (Å²) in [6.07, 6.45) is 3.64. The molecule has 0 N–H and O–H groups in total. The molecule has 1 atom stereocenters. The predicted molar refractivity (Wildman–Crippen MR) is 66.6 cm³/mol. The zero-order chi connectivity index (χ0) is 12.4. The number of aromatic nitrogens is 1. The molecule has 1 aromatic rings. The summed E-state index contributed by atoms with van der Waals surface area (Å²) in [6.45, 7) is 0.580. The molecule has 2 heterocycles. The standard InChI is InChI=1S/C14H12N2O2/c17-14-3-1-2-13-12(14)7-5-10(16-13)4-6-11-8-15-9-18-11/h5,7,9,11H,1-3,8H2. The Morgan fingerprint density at radius 2 is 2.28 bits per heavy atom. The van der Waals surface area contributed by atoms with Gasteiger partial charge in [0, 0.05) is 12.0 Å². The van der Waals surface area contributed by atoms with Crippen LogP contribution in [0.4, 0.5) is 0 Å². The lowest BCUT2D eigenvalue weighted by Crippen LogP contribution is -2.13. The molecule has 1 aromatic heterocycles. The lowest BCUT2D eigenvalue weighted by molar-refractivity contribution is 0.0971. The van der Waals surface area contributed by atoms with Gasteiger partial charge in [0.05, 0.1) is 12.2 Å². The Bertz CT molecular complexity index is 573. The van der Waals surface area contributed by atoms with Gasteiger partial charge in [0.15, 0.2) is 18.3 Å². The zero-order valence-corrected chi connectivity index (χ0v) is 9.85. The van der Waals surface area contributed by atoms with Crippen LogP contribution < -0.4 is 0 Å². The Hall–Kier alpha value is -2.15. The number of rotatable bonds is 0. The van der Waals surface area contributed by atoms with Gasteiger partial charge in [-0.25, -0.2) is 4.98 Å². The van der Waals surface area contributed by atoms with E-state index in [-0.39, 0.29) is 11.9 Å². The Morgan fingerprint density at radius 3 is 3.11 bits per heavy atom. The third-order valence-electron chi connectivity index (χ3n) is 3.02. The van der Waals surface area contributed by atoms with E-state index in [4.69, 9.17) is 4.74 Å². The van der Waals surface area contributed by atoms with Crippen LogP contribution in [0.3, 0.4) is 0 Å². The number of ketones is 1. The van der Waals surface area contributed by atoms with Gasteiger partial charge in [-0.1, -0.05) is 0 Å². The van der Waals surface area contributed by atoms with Crippen LogP contribution in [-0.2, 0) is 11.2 Å². The summed E-state index contributed by atoms with van der Waals surface area (Å²) in [5.74, 6) is 6.14. The van der Waals surface area contributed by atoms with Gasteiger partial charge in [-0.2, -0.15) is 0 Å². The molecule has 0 saturated carbocycles. The van der Waals surface area contributed by atoms with E-state index in [9.17, 15) is 4.79 Å². The first-order valence-electron chi connectivity index (χ1n) is 6.01. The third-order valence-corrected chi connectivity index (χ3v) is 3.02. The highest BCUT2D eigenvalue weighted by molar-refractivity contribution is 5.98. The quantitative estimate of drug-likeness (QED) is 0.644. The number of aliphatic imine (C=N–C) groups is 1. The van der Waals surface area contributed by atoms with Crippen LogP contribution in [0.2, 0.25) is 0 Å². The van der Waals surface area contributed by atoms with Crippen LogP contribution in [0, 0.1) is 11.8 Å². The van der Waals surface area contributed by atoms with Gasteiger partial charge < -0.3 is 4.74 Å². The SMILES string of the molecule is O=C1CCCc2nc(C#CC3CN=CO3)ccc21. The summed E-state index contributed by atoms with van der Waals surface area (Å²) in [7, 11) is 0.